The Labute approximate surface area is 222 Å². The van der Waals surface area contributed by atoms with Crippen molar-refractivity contribution < 1.29 is 27.5 Å². The van der Waals surface area contributed by atoms with E-state index in [1.54, 1.807) is 24.3 Å². The van der Waals surface area contributed by atoms with Gasteiger partial charge in [-0.15, -0.1) is 0 Å². The molecule has 5 nitrogen and oxygen atoms in total. The molecule has 1 aliphatic heterocycles. The van der Waals surface area contributed by atoms with Gasteiger partial charge >= 0.3 is 5.97 Å². The Morgan fingerprint density at radius 1 is 0.974 bits per heavy atom. The minimum Gasteiger partial charge on any atom is -0.452 e. The van der Waals surface area contributed by atoms with Gasteiger partial charge in [-0.2, -0.15) is 5.10 Å². The molecule has 1 amide bonds. The summed E-state index contributed by atoms with van der Waals surface area (Å²) in [5, 5.41) is 5.82. The molecule has 38 heavy (non-hydrogen) atoms. The van der Waals surface area contributed by atoms with Crippen molar-refractivity contribution in [1.29, 1.82) is 0 Å². The number of benzene rings is 3. The number of hydrogen-bond acceptors (Lipinski definition) is 4. The maximum absolute atomic E-state index is 13.7. The van der Waals surface area contributed by atoms with Crippen LogP contribution in [0.4, 0.5) is 13.2 Å². The molecule has 2 aliphatic rings. The topological polar surface area (TPSA) is 59.0 Å². The fourth-order valence-electron chi connectivity index (χ4n) is 4.89. The van der Waals surface area contributed by atoms with Crippen LogP contribution < -0.4 is 0 Å². The second-order valence-electron chi connectivity index (χ2n) is 9.14. The Morgan fingerprint density at radius 2 is 1.63 bits per heavy atom. The zero-order valence-electron chi connectivity index (χ0n) is 20.0. The maximum atomic E-state index is 13.7. The second-order valence-corrected chi connectivity index (χ2v) is 9.55. The van der Waals surface area contributed by atoms with Gasteiger partial charge in [0.2, 0.25) is 0 Å². The Kier molecular flexibility index (Phi) is 7.33. The van der Waals surface area contributed by atoms with Crippen molar-refractivity contribution >= 4 is 35.3 Å². The molecule has 0 aromatic heterocycles. The smallest absolute Gasteiger partial charge is 0.340 e. The first-order chi connectivity index (χ1) is 18.3. The van der Waals surface area contributed by atoms with Crippen molar-refractivity contribution in [3.8, 4) is 0 Å². The van der Waals surface area contributed by atoms with E-state index in [4.69, 9.17) is 16.3 Å². The van der Waals surface area contributed by atoms with Crippen molar-refractivity contribution in [2.45, 2.75) is 25.3 Å². The van der Waals surface area contributed by atoms with E-state index in [1.807, 2.05) is 6.08 Å². The molecule has 1 aliphatic carbocycles. The number of halogens is 4. The lowest BCUT2D eigenvalue weighted by atomic mass is 9.77. The quantitative estimate of drug-likeness (QED) is 0.338. The van der Waals surface area contributed by atoms with E-state index in [-0.39, 0.29) is 22.3 Å². The van der Waals surface area contributed by atoms with Crippen molar-refractivity contribution in [3.05, 3.63) is 111 Å². The molecule has 1 fully saturated rings. The second kappa shape index (κ2) is 10.8. The maximum Gasteiger partial charge on any atom is 0.340 e. The van der Waals surface area contributed by atoms with Crippen molar-refractivity contribution in [2.24, 2.45) is 11.0 Å². The third kappa shape index (κ3) is 5.36. The van der Waals surface area contributed by atoms with Crippen molar-refractivity contribution in [2.75, 3.05) is 6.61 Å². The molecule has 5 rings (SSSR count). The van der Waals surface area contributed by atoms with Crippen LogP contribution in [0.15, 0.2) is 77.4 Å². The van der Waals surface area contributed by atoms with Gasteiger partial charge in [-0.25, -0.2) is 23.0 Å². The van der Waals surface area contributed by atoms with Gasteiger partial charge in [0.1, 0.15) is 17.5 Å². The van der Waals surface area contributed by atoms with E-state index >= 15 is 0 Å². The van der Waals surface area contributed by atoms with E-state index in [0.29, 0.717) is 5.56 Å². The first kappa shape index (κ1) is 25.7. The molecule has 9 heteroatoms. The predicted molar refractivity (Wildman–Crippen MR) is 137 cm³/mol. The third-order valence-electron chi connectivity index (χ3n) is 6.66. The van der Waals surface area contributed by atoms with E-state index in [2.05, 4.69) is 5.10 Å². The molecule has 1 saturated carbocycles. The molecule has 0 radical (unpaired) electrons. The molecule has 1 heterocycles. The number of carbonyl (C=O) groups excluding carboxylic acids is 2. The molecule has 3 aromatic rings. The zero-order chi connectivity index (χ0) is 26.8. The highest BCUT2D eigenvalue weighted by molar-refractivity contribution is 6.33. The van der Waals surface area contributed by atoms with Crippen LogP contribution in [0.5, 0.6) is 0 Å². The predicted octanol–water partition coefficient (Wildman–Crippen LogP) is 6.74. The largest absolute Gasteiger partial charge is 0.452 e. The van der Waals surface area contributed by atoms with E-state index in [9.17, 15) is 22.8 Å². The number of hydrazone groups is 1. The summed E-state index contributed by atoms with van der Waals surface area (Å²) in [7, 11) is 0. The van der Waals surface area contributed by atoms with Gasteiger partial charge in [-0.05, 0) is 84.5 Å². The SMILES string of the molecule is O=C(OCC(=O)N1N=C2C(=Cc3ccc(F)cc3)CCCC2C1c1ccc(F)cc1)c1ccc(F)cc1Cl. The minimum atomic E-state index is -0.872. The highest BCUT2D eigenvalue weighted by Crippen LogP contribution is 2.44. The number of fused-ring (bicyclic) bond motifs is 1. The normalized spacial score (nSPS) is 19.7. The average Bonchev–Trinajstić information content (AvgIpc) is 3.30. The monoisotopic (exact) mass is 538 g/mol. The molecule has 2 unspecified atom stereocenters. The Morgan fingerprint density at radius 3 is 2.32 bits per heavy atom. The van der Waals surface area contributed by atoms with Crippen LogP contribution >= 0.6 is 11.6 Å². The van der Waals surface area contributed by atoms with Gasteiger partial charge in [0.25, 0.3) is 5.91 Å². The molecule has 194 valence electrons. The number of nitrogens with zero attached hydrogens (tertiary/aromatic N) is 2. The fraction of sp³-hybridized carbons (Fsp3) is 0.207. The average molecular weight is 539 g/mol. The standard InChI is InChI=1S/C29H22ClF3N2O3/c30-25-15-22(33)12-13-23(25)29(37)38-16-26(36)35-28(18-6-10-21(32)11-7-18)24-3-1-2-19(27(24)34-35)14-17-4-8-20(31)9-5-17/h4-15,24,28H,1-3,16H2. The summed E-state index contributed by atoms with van der Waals surface area (Å²) < 4.78 is 45.6. The number of rotatable bonds is 5. The zero-order valence-corrected chi connectivity index (χ0v) is 20.8. The molecule has 0 bridgehead atoms. The third-order valence-corrected chi connectivity index (χ3v) is 6.97. The summed E-state index contributed by atoms with van der Waals surface area (Å²) in [6.07, 6.45) is 4.24. The highest BCUT2D eigenvalue weighted by Gasteiger charge is 2.43. The molecule has 3 aromatic carbocycles. The molecule has 2 atom stereocenters. The van der Waals surface area contributed by atoms with Gasteiger partial charge in [-0.1, -0.05) is 35.9 Å². The Bertz CT molecular complexity index is 1440. The van der Waals surface area contributed by atoms with Crippen LogP contribution in [0.25, 0.3) is 6.08 Å². The van der Waals surface area contributed by atoms with Crippen molar-refractivity contribution in [3.63, 3.8) is 0 Å². The molecule has 0 spiro atoms. The molecule has 0 N–H and O–H groups in total. The van der Waals surface area contributed by atoms with Crippen LogP contribution in [-0.4, -0.2) is 29.2 Å². The van der Waals surface area contributed by atoms with Crippen LogP contribution in [0, 0.1) is 23.4 Å². The summed E-state index contributed by atoms with van der Waals surface area (Å²) >= 11 is 5.94. The first-order valence-corrected chi connectivity index (χ1v) is 12.4. The Hall–Kier alpha value is -3.91. The summed E-state index contributed by atoms with van der Waals surface area (Å²) in [6.45, 7) is -0.620. The van der Waals surface area contributed by atoms with Crippen LogP contribution in [0.3, 0.4) is 0 Å². The lowest BCUT2D eigenvalue weighted by Crippen LogP contribution is -2.34. The molecular formula is C29H22ClF3N2O3. The van der Waals surface area contributed by atoms with Gasteiger partial charge in [-0.3, -0.25) is 4.79 Å². The van der Waals surface area contributed by atoms with Crippen LogP contribution in [-0.2, 0) is 9.53 Å². The highest BCUT2D eigenvalue weighted by atomic mass is 35.5. The van der Waals surface area contributed by atoms with Gasteiger partial charge in [0, 0.05) is 5.92 Å². The minimum absolute atomic E-state index is 0.0677. The van der Waals surface area contributed by atoms with Gasteiger partial charge in [0.15, 0.2) is 6.61 Å². The van der Waals surface area contributed by atoms with Crippen molar-refractivity contribution in [1.82, 2.24) is 5.01 Å². The number of carbonyl (C=O) groups is 2. The summed E-state index contributed by atoms with van der Waals surface area (Å²) in [6, 6.07) is 14.7. The van der Waals surface area contributed by atoms with E-state index in [0.717, 1.165) is 48.2 Å². The molecule has 0 saturated heterocycles. The number of allylic oxidation sites excluding steroid dienone is 1. The number of hydrogen-bond donors (Lipinski definition) is 0. The van der Waals surface area contributed by atoms with Crippen LogP contribution in [0.2, 0.25) is 5.02 Å². The molecular weight excluding hydrogens is 517 g/mol. The van der Waals surface area contributed by atoms with Crippen LogP contribution in [0.1, 0.15) is 46.8 Å². The lowest BCUT2D eigenvalue weighted by molar-refractivity contribution is -0.137. The van der Waals surface area contributed by atoms with Gasteiger partial charge < -0.3 is 4.74 Å². The summed E-state index contributed by atoms with van der Waals surface area (Å²) in [5.41, 5.74) is 3.07. The first-order valence-electron chi connectivity index (χ1n) is 12.0. The number of amides is 1. The summed E-state index contributed by atoms with van der Waals surface area (Å²) in [5.74, 6) is -2.96. The number of ether oxygens (including phenoxy) is 1. The number of esters is 1. The summed E-state index contributed by atoms with van der Waals surface area (Å²) in [4.78, 5) is 25.8. The van der Waals surface area contributed by atoms with E-state index < -0.39 is 36.2 Å². The fourth-order valence-corrected chi connectivity index (χ4v) is 5.13. The van der Waals surface area contributed by atoms with Gasteiger partial charge in [0.05, 0.1) is 22.3 Å². The lowest BCUT2D eigenvalue weighted by Gasteiger charge is -2.29. The van der Waals surface area contributed by atoms with E-state index in [1.165, 1.54) is 35.3 Å². The Balaban J connectivity index is 1.43.